The van der Waals surface area contributed by atoms with Crippen molar-refractivity contribution < 1.29 is 0 Å². The molecule has 0 amide bonds. The fourth-order valence-electron chi connectivity index (χ4n) is 2.33. The van der Waals surface area contributed by atoms with Crippen molar-refractivity contribution >= 4 is 11.3 Å². The van der Waals surface area contributed by atoms with Gasteiger partial charge in [0.15, 0.2) is 0 Å². The Hall–Kier alpha value is -0.340. The van der Waals surface area contributed by atoms with Gasteiger partial charge in [0.1, 0.15) is 0 Å². The van der Waals surface area contributed by atoms with E-state index in [2.05, 4.69) is 30.6 Å². The summed E-state index contributed by atoms with van der Waals surface area (Å²) in [6, 6.07) is 2.23. The van der Waals surface area contributed by atoms with Crippen LogP contribution in [0.15, 0.2) is 11.4 Å². The molecule has 1 aromatic heterocycles. The number of rotatable bonds is 2. The van der Waals surface area contributed by atoms with Crippen LogP contribution in [0.3, 0.4) is 0 Å². The third-order valence-electron chi connectivity index (χ3n) is 3.14. The van der Waals surface area contributed by atoms with Crippen LogP contribution >= 0.6 is 11.3 Å². The van der Waals surface area contributed by atoms with Gasteiger partial charge in [-0.1, -0.05) is 6.92 Å². The van der Waals surface area contributed by atoms with Gasteiger partial charge in [0, 0.05) is 4.88 Å². The van der Waals surface area contributed by atoms with Gasteiger partial charge in [-0.05, 0) is 49.7 Å². The zero-order valence-electron chi connectivity index (χ0n) is 8.39. The Labute approximate surface area is 84.2 Å². The number of nitrogens with one attached hydrogen (secondary N) is 1. The summed E-state index contributed by atoms with van der Waals surface area (Å²) in [6.45, 7) is 5.70. The Bertz CT molecular complexity index is 284. The first-order chi connectivity index (χ1) is 6.28. The molecule has 1 N–H and O–H groups in total. The molecule has 1 nitrogen and oxygen atoms in total. The van der Waals surface area contributed by atoms with Gasteiger partial charge >= 0.3 is 0 Å². The monoisotopic (exact) mass is 195 g/mol. The summed E-state index contributed by atoms with van der Waals surface area (Å²) >= 11 is 1.91. The lowest BCUT2D eigenvalue weighted by Gasteiger charge is -2.28. The van der Waals surface area contributed by atoms with Crippen molar-refractivity contribution in [1.29, 1.82) is 0 Å². The average Bonchev–Trinajstić information content (AvgIpc) is 2.73. The zero-order chi connectivity index (χ0) is 9.31. The quantitative estimate of drug-likeness (QED) is 0.765. The molecule has 0 bridgehead atoms. The predicted octanol–water partition coefficient (Wildman–Crippen LogP) is 3.05. The fraction of sp³-hybridized carbons (Fsp3) is 0.636. The van der Waals surface area contributed by atoms with Gasteiger partial charge in [-0.2, -0.15) is 0 Å². The summed E-state index contributed by atoms with van der Waals surface area (Å²) in [7, 11) is 0. The van der Waals surface area contributed by atoms with Crippen molar-refractivity contribution in [2.75, 3.05) is 6.54 Å². The Kier molecular flexibility index (Phi) is 2.43. The van der Waals surface area contributed by atoms with E-state index in [1.165, 1.54) is 31.4 Å². The van der Waals surface area contributed by atoms with Crippen molar-refractivity contribution in [3.05, 3.63) is 21.9 Å². The number of aryl methyl sites for hydroxylation is 1. The molecule has 1 aromatic rings. The minimum atomic E-state index is 0.318. The van der Waals surface area contributed by atoms with Crippen LogP contribution in [-0.4, -0.2) is 6.54 Å². The fourth-order valence-corrected chi connectivity index (χ4v) is 3.53. The highest BCUT2D eigenvalue weighted by Gasteiger charge is 2.35. The minimum Gasteiger partial charge on any atom is -0.307 e. The second-order valence-corrected chi connectivity index (χ2v) is 4.81. The van der Waals surface area contributed by atoms with Crippen LogP contribution in [0.25, 0.3) is 0 Å². The lowest BCUT2D eigenvalue weighted by Crippen LogP contribution is -2.35. The number of thiophene rings is 1. The van der Waals surface area contributed by atoms with E-state index in [1.807, 2.05) is 11.3 Å². The largest absolute Gasteiger partial charge is 0.307 e. The standard InChI is InChI=1S/C11H17NS/c1-3-11(6-4-7-12-11)10-9(2)5-8-13-10/h5,8,12H,3-4,6-7H2,1-2H3. The molecule has 1 atom stereocenters. The first-order valence-electron chi connectivity index (χ1n) is 5.08. The molecular weight excluding hydrogens is 178 g/mol. The number of hydrogen-bond acceptors (Lipinski definition) is 2. The molecule has 0 aromatic carbocycles. The Morgan fingerprint density at radius 1 is 1.62 bits per heavy atom. The van der Waals surface area contributed by atoms with Gasteiger partial charge in [0.2, 0.25) is 0 Å². The molecular formula is C11H17NS. The van der Waals surface area contributed by atoms with E-state index >= 15 is 0 Å². The van der Waals surface area contributed by atoms with Crippen LogP contribution in [0, 0.1) is 6.92 Å². The van der Waals surface area contributed by atoms with Gasteiger partial charge in [-0.25, -0.2) is 0 Å². The van der Waals surface area contributed by atoms with Gasteiger partial charge in [-0.3, -0.25) is 0 Å². The zero-order valence-corrected chi connectivity index (χ0v) is 9.21. The maximum Gasteiger partial charge on any atom is 0.0529 e. The van der Waals surface area contributed by atoms with E-state index < -0.39 is 0 Å². The molecule has 0 aliphatic carbocycles. The summed E-state index contributed by atoms with van der Waals surface area (Å²) in [5, 5.41) is 5.88. The van der Waals surface area contributed by atoms with Gasteiger partial charge in [-0.15, -0.1) is 11.3 Å². The molecule has 1 aliphatic rings. The van der Waals surface area contributed by atoms with Crippen LogP contribution in [-0.2, 0) is 5.54 Å². The average molecular weight is 195 g/mol. The molecule has 1 fully saturated rings. The van der Waals surface area contributed by atoms with Crippen molar-refractivity contribution in [3.8, 4) is 0 Å². The van der Waals surface area contributed by atoms with Crippen LogP contribution in [0.1, 0.15) is 36.6 Å². The molecule has 13 heavy (non-hydrogen) atoms. The normalized spacial score (nSPS) is 28.2. The van der Waals surface area contributed by atoms with E-state index in [9.17, 15) is 0 Å². The second kappa shape index (κ2) is 3.43. The molecule has 1 saturated heterocycles. The van der Waals surface area contributed by atoms with Gasteiger partial charge in [0.05, 0.1) is 5.54 Å². The highest BCUT2D eigenvalue weighted by atomic mass is 32.1. The van der Waals surface area contributed by atoms with Crippen molar-refractivity contribution in [2.24, 2.45) is 0 Å². The van der Waals surface area contributed by atoms with Crippen LogP contribution < -0.4 is 5.32 Å². The molecule has 72 valence electrons. The maximum absolute atomic E-state index is 3.67. The summed E-state index contributed by atoms with van der Waals surface area (Å²) in [5.74, 6) is 0. The minimum absolute atomic E-state index is 0.318. The first-order valence-corrected chi connectivity index (χ1v) is 5.96. The van der Waals surface area contributed by atoms with Gasteiger partial charge in [0.25, 0.3) is 0 Å². The van der Waals surface area contributed by atoms with Crippen LogP contribution in [0.2, 0.25) is 0 Å². The lowest BCUT2D eigenvalue weighted by atomic mass is 9.90. The second-order valence-electron chi connectivity index (χ2n) is 3.90. The Morgan fingerprint density at radius 2 is 2.46 bits per heavy atom. The molecule has 2 heteroatoms. The third-order valence-corrected chi connectivity index (χ3v) is 4.36. The lowest BCUT2D eigenvalue weighted by molar-refractivity contribution is 0.382. The molecule has 0 spiro atoms. The van der Waals surface area contributed by atoms with E-state index in [-0.39, 0.29) is 0 Å². The van der Waals surface area contributed by atoms with E-state index in [0.29, 0.717) is 5.54 Å². The molecule has 1 unspecified atom stereocenters. The molecule has 2 heterocycles. The summed E-state index contributed by atoms with van der Waals surface area (Å²) in [4.78, 5) is 1.56. The highest BCUT2D eigenvalue weighted by molar-refractivity contribution is 7.10. The van der Waals surface area contributed by atoms with E-state index in [1.54, 1.807) is 4.88 Å². The van der Waals surface area contributed by atoms with E-state index in [4.69, 9.17) is 0 Å². The van der Waals surface area contributed by atoms with Crippen molar-refractivity contribution in [3.63, 3.8) is 0 Å². The summed E-state index contributed by atoms with van der Waals surface area (Å²) in [6.07, 6.45) is 3.85. The topological polar surface area (TPSA) is 12.0 Å². The van der Waals surface area contributed by atoms with Crippen LogP contribution in [0.5, 0.6) is 0 Å². The molecule has 2 rings (SSSR count). The maximum atomic E-state index is 3.67. The number of hydrogen-bond donors (Lipinski definition) is 1. The Morgan fingerprint density at radius 3 is 2.92 bits per heavy atom. The smallest absolute Gasteiger partial charge is 0.0529 e. The first kappa shape index (κ1) is 9.22. The molecule has 0 saturated carbocycles. The third kappa shape index (κ3) is 1.42. The molecule has 1 aliphatic heterocycles. The van der Waals surface area contributed by atoms with E-state index in [0.717, 1.165) is 0 Å². The predicted molar refractivity (Wildman–Crippen MR) is 58.3 cm³/mol. The van der Waals surface area contributed by atoms with Crippen LogP contribution in [0.4, 0.5) is 0 Å². The SMILES string of the molecule is CCC1(c2sccc2C)CCCN1. The van der Waals surface area contributed by atoms with Gasteiger partial charge < -0.3 is 5.32 Å². The highest BCUT2D eigenvalue weighted by Crippen LogP contribution is 2.38. The summed E-state index contributed by atoms with van der Waals surface area (Å²) < 4.78 is 0. The molecule has 0 radical (unpaired) electrons. The van der Waals surface area contributed by atoms with Crippen molar-refractivity contribution in [1.82, 2.24) is 5.32 Å². The summed E-state index contributed by atoms with van der Waals surface area (Å²) in [5.41, 5.74) is 1.78. The van der Waals surface area contributed by atoms with Crippen molar-refractivity contribution in [2.45, 2.75) is 38.6 Å². The Balaban J connectivity index is 2.36.